The lowest BCUT2D eigenvalue weighted by atomic mass is 9.71. The van der Waals surface area contributed by atoms with Gasteiger partial charge in [-0.1, -0.05) is 24.3 Å². The number of rotatable bonds is 5. The van der Waals surface area contributed by atoms with E-state index in [1.54, 1.807) is 12.3 Å². The first-order valence-corrected chi connectivity index (χ1v) is 11.2. The van der Waals surface area contributed by atoms with Crippen molar-refractivity contribution in [3.8, 4) is 0 Å². The number of quaternary nitrogens is 1. The molecule has 1 aromatic heterocycles. The normalized spacial score (nSPS) is 27.6. The highest BCUT2D eigenvalue weighted by atomic mass is 19.2. The summed E-state index contributed by atoms with van der Waals surface area (Å²) in [5.41, 5.74) is 0.828. The Morgan fingerprint density at radius 2 is 1.85 bits per heavy atom. The lowest BCUT2D eigenvalue weighted by Gasteiger charge is -2.58. The summed E-state index contributed by atoms with van der Waals surface area (Å²) in [5.74, 6) is -5.17. The van der Waals surface area contributed by atoms with Gasteiger partial charge in [0.15, 0.2) is 23.3 Å². The first-order chi connectivity index (χ1) is 15.8. The average Bonchev–Trinajstić information content (AvgIpc) is 2.84. The van der Waals surface area contributed by atoms with Crippen LogP contribution < -0.4 is 0 Å². The largest absolute Gasteiger partial charge is 0.382 e. The second-order valence-corrected chi connectivity index (χ2v) is 9.34. The lowest BCUT2D eigenvalue weighted by Crippen LogP contribution is -2.67. The lowest BCUT2D eigenvalue weighted by molar-refractivity contribution is -0.985. The first kappa shape index (κ1) is 22.0. The Morgan fingerprint density at radius 1 is 1.12 bits per heavy atom. The highest BCUT2D eigenvalue weighted by Crippen LogP contribution is 2.48. The number of aromatic nitrogens is 1. The molecule has 0 spiro atoms. The maximum Gasteiger partial charge on any atom is 0.170 e. The maximum atomic E-state index is 14.7. The summed E-state index contributed by atoms with van der Waals surface area (Å²) in [6.45, 7) is 4.73. The van der Waals surface area contributed by atoms with Crippen LogP contribution in [0.4, 0.5) is 17.6 Å². The number of hydrogen-bond donors (Lipinski definition) is 1. The van der Waals surface area contributed by atoms with Crippen LogP contribution in [0, 0.1) is 35.1 Å². The van der Waals surface area contributed by atoms with Gasteiger partial charge in [-0.3, -0.25) is 4.98 Å². The topological polar surface area (TPSA) is 33.1 Å². The Labute approximate surface area is 189 Å². The molecule has 3 nitrogen and oxygen atoms in total. The summed E-state index contributed by atoms with van der Waals surface area (Å²) in [6, 6.07) is 9.08. The second kappa shape index (κ2) is 8.22. The summed E-state index contributed by atoms with van der Waals surface area (Å²) in [6.07, 6.45) is 3.96. The molecule has 0 saturated carbocycles. The molecule has 0 aliphatic carbocycles. The first-order valence-electron chi connectivity index (χ1n) is 11.2. The zero-order chi connectivity index (χ0) is 23.3. The predicted molar refractivity (Wildman–Crippen MR) is 117 cm³/mol. The van der Waals surface area contributed by atoms with E-state index in [-0.39, 0.29) is 28.9 Å². The van der Waals surface area contributed by atoms with E-state index in [0.29, 0.717) is 25.1 Å². The SMILES string of the molecule is C=CC1C[N+]2(Cc3c(F)c(F)cc(F)c3F)CCC1CC2[C@H](O)c1ccnc2ccccc12. The zero-order valence-corrected chi connectivity index (χ0v) is 18.0. The molecule has 3 saturated heterocycles. The van der Waals surface area contributed by atoms with E-state index in [4.69, 9.17) is 0 Å². The van der Waals surface area contributed by atoms with Crippen molar-refractivity contribution in [1.29, 1.82) is 0 Å². The standard InChI is InChI=1S/C26H25F4N2O/c1-2-15-13-32(14-19-24(29)20(27)12-21(28)25(19)30)10-8-16(15)11-23(32)26(33)18-7-9-31-22-6-4-3-5-17(18)22/h2-7,9,12,15-16,23,26,33H,1,8,10-11,13-14H2/q+1/t15?,16?,23?,26-,32?/m1/s1. The van der Waals surface area contributed by atoms with E-state index in [9.17, 15) is 22.7 Å². The van der Waals surface area contributed by atoms with Gasteiger partial charge in [-0.15, -0.1) is 6.58 Å². The molecule has 172 valence electrons. The van der Waals surface area contributed by atoms with Crippen molar-refractivity contribution in [3.63, 3.8) is 0 Å². The molecule has 2 aromatic carbocycles. The van der Waals surface area contributed by atoms with Crippen molar-refractivity contribution in [2.45, 2.75) is 31.5 Å². The van der Waals surface area contributed by atoms with Gasteiger partial charge in [-0.25, -0.2) is 17.6 Å². The summed E-state index contributed by atoms with van der Waals surface area (Å²) in [7, 11) is 0. The fourth-order valence-corrected chi connectivity index (χ4v) is 6.04. The van der Waals surface area contributed by atoms with Crippen LogP contribution in [-0.4, -0.2) is 33.7 Å². The van der Waals surface area contributed by atoms with Crippen LogP contribution in [0.3, 0.4) is 0 Å². The van der Waals surface area contributed by atoms with Crippen LogP contribution in [0.5, 0.6) is 0 Å². The third kappa shape index (κ3) is 3.54. The van der Waals surface area contributed by atoms with Crippen LogP contribution in [0.25, 0.3) is 10.9 Å². The van der Waals surface area contributed by atoms with E-state index in [0.717, 1.165) is 17.3 Å². The molecule has 4 heterocycles. The third-order valence-electron chi connectivity index (χ3n) is 7.72. The van der Waals surface area contributed by atoms with E-state index in [1.807, 2.05) is 30.3 Å². The Balaban J connectivity index is 1.61. The number of halogens is 4. The van der Waals surface area contributed by atoms with Crippen LogP contribution in [0.2, 0.25) is 0 Å². The minimum Gasteiger partial charge on any atom is -0.382 e. The van der Waals surface area contributed by atoms with Gasteiger partial charge in [0, 0.05) is 36.4 Å². The molecule has 6 rings (SSSR count). The number of pyridine rings is 1. The fourth-order valence-electron chi connectivity index (χ4n) is 6.04. The van der Waals surface area contributed by atoms with Crippen LogP contribution in [-0.2, 0) is 6.54 Å². The van der Waals surface area contributed by atoms with Crippen molar-refractivity contribution in [3.05, 3.63) is 89.6 Å². The number of aliphatic hydroxyl groups excluding tert-OH is 1. The maximum absolute atomic E-state index is 14.7. The van der Waals surface area contributed by atoms with Gasteiger partial charge in [-0.2, -0.15) is 0 Å². The van der Waals surface area contributed by atoms with Gasteiger partial charge in [0.25, 0.3) is 0 Å². The minimum absolute atomic E-state index is 0.0981. The van der Waals surface area contributed by atoms with Gasteiger partial charge < -0.3 is 9.59 Å². The van der Waals surface area contributed by atoms with Crippen LogP contribution in [0.1, 0.15) is 30.1 Å². The number of nitrogens with zero attached hydrogens (tertiary/aromatic N) is 2. The van der Waals surface area contributed by atoms with Crippen LogP contribution >= 0.6 is 0 Å². The van der Waals surface area contributed by atoms with Gasteiger partial charge in [-0.05, 0) is 23.6 Å². The Morgan fingerprint density at radius 3 is 2.58 bits per heavy atom. The van der Waals surface area contributed by atoms with Crippen molar-refractivity contribution in [2.75, 3.05) is 13.1 Å². The average molecular weight is 457 g/mol. The van der Waals surface area contributed by atoms with E-state index < -0.39 is 41.0 Å². The Kier molecular flexibility index (Phi) is 5.49. The molecule has 7 heteroatoms. The quantitative estimate of drug-likeness (QED) is 0.240. The highest BCUT2D eigenvalue weighted by molar-refractivity contribution is 5.82. The molecule has 5 atom stereocenters. The molecular weight excluding hydrogens is 432 g/mol. The molecule has 33 heavy (non-hydrogen) atoms. The summed E-state index contributed by atoms with van der Waals surface area (Å²) in [4.78, 5) is 4.36. The molecule has 3 aliphatic rings. The smallest absolute Gasteiger partial charge is 0.170 e. The number of fused-ring (bicyclic) bond motifs is 4. The molecular formula is C26H25F4N2O+. The minimum atomic E-state index is -1.41. The van der Waals surface area contributed by atoms with E-state index in [2.05, 4.69) is 11.6 Å². The van der Waals surface area contributed by atoms with Gasteiger partial charge in [0.05, 0.1) is 24.2 Å². The molecule has 0 radical (unpaired) electrons. The third-order valence-corrected chi connectivity index (χ3v) is 7.72. The van der Waals surface area contributed by atoms with Gasteiger partial charge in [0.1, 0.15) is 18.7 Å². The fraction of sp³-hybridized carbons (Fsp3) is 0.346. The van der Waals surface area contributed by atoms with Crippen molar-refractivity contribution in [2.24, 2.45) is 11.8 Å². The Hall–Kier alpha value is -2.77. The van der Waals surface area contributed by atoms with E-state index >= 15 is 0 Å². The number of piperidine rings is 3. The number of benzene rings is 2. The molecule has 2 bridgehead atoms. The zero-order valence-electron chi connectivity index (χ0n) is 18.0. The summed E-state index contributed by atoms with van der Waals surface area (Å²) in [5, 5.41) is 12.4. The van der Waals surface area contributed by atoms with Crippen molar-refractivity contribution < 1.29 is 27.2 Å². The van der Waals surface area contributed by atoms with Crippen molar-refractivity contribution in [1.82, 2.24) is 4.98 Å². The highest BCUT2D eigenvalue weighted by Gasteiger charge is 2.54. The molecule has 4 unspecified atom stereocenters. The summed E-state index contributed by atoms with van der Waals surface area (Å²) < 4.78 is 57.5. The van der Waals surface area contributed by atoms with Gasteiger partial charge >= 0.3 is 0 Å². The van der Waals surface area contributed by atoms with Gasteiger partial charge in [0.2, 0.25) is 0 Å². The second-order valence-electron chi connectivity index (χ2n) is 9.34. The molecule has 3 aliphatic heterocycles. The van der Waals surface area contributed by atoms with Crippen LogP contribution in [0.15, 0.2) is 55.3 Å². The van der Waals surface area contributed by atoms with E-state index in [1.165, 1.54) is 0 Å². The number of para-hydroxylation sites is 1. The molecule has 0 amide bonds. The monoisotopic (exact) mass is 457 g/mol. The molecule has 3 aromatic rings. The number of hydrogen-bond acceptors (Lipinski definition) is 2. The van der Waals surface area contributed by atoms with Crippen molar-refractivity contribution >= 4 is 10.9 Å². The Bertz CT molecular complexity index is 1200. The predicted octanol–water partition coefficient (Wildman–Crippen LogP) is 5.44. The molecule has 3 fully saturated rings. The summed E-state index contributed by atoms with van der Waals surface area (Å²) >= 11 is 0. The number of aliphatic hydroxyl groups is 1. The molecule has 1 N–H and O–H groups in total.